The molecule has 0 spiro atoms. The van der Waals surface area contributed by atoms with Crippen LogP contribution in [0.2, 0.25) is 0 Å². The highest BCUT2D eigenvalue weighted by Crippen LogP contribution is 2.62. The van der Waals surface area contributed by atoms with Gasteiger partial charge in [0.15, 0.2) is 0 Å². The first kappa shape index (κ1) is 35.1. The van der Waals surface area contributed by atoms with Crippen LogP contribution >= 0.6 is 0 Å². The van der Waals surface area contributed by atoms with Crippen LogP contribution in [0.5, 0.6) is 0 Å². The molecule has 1 nitrogen and oxygen atoms in total. The molecule has 7 bridgehead atoms. The summed E-state index contributed by atoms with van der Waals surface area (Å²) in [7, 11) is 0. The lowest BCUT2D eigenvalue weighted by Crippen LogP contribution is -2.43. The van der Waals surface area contributed by atoms with Crippen LogP contribution in [0.4, 0.5) is 0 Å². The zero-order valence-corrected chi connectivity index (χ0v) is 35.7. The Bertz CT molecular complexity index is 3180. The van der Waals surface area contributed by atoms with Gasteiger partial charge in [-0.3, -0.25) is 0 Å². The average Bonchev–Trinajstić information content (AvgIpc) is 3.68. The molecule has 8 aromatic carbocycles. The molecular formula is C61H54O. The van der Waals surface area contributed by atoms with Crippen LogP contribution in [0, 0.1) is 47.3 Å². The predicted molar refractivity (Wildman–Crippen MR) is 259 cm³/mol. The fourth-order valence-corrected chi connectivity index (χ4v) is 16.6. The fourth-order valence-electron chi connectivity index (χ4n) is 16.6. The normalized spacial score (nSPS) is 29.9. The molecule has 5 atom stereocenters. The van der Waals surface area contributed by atoms with Gasteiger partial charge in [0.05, 0.1) is 0 Å². The largest absolute Gasteiger partial charge is 0.455 e. The summed E-state index contributed by atoms with van der Waals surface area (Å²) in [5.41, 5.74) is 10.4. The van der Waals surface area contributed by atoms with E-state index in [1.165, 1.54) is 147 Å². The number of furan rings is 1. The Morgan fingerprint density at radius 2 is 0.903 bits per heavy atom. The molecule has 7 saturated carbocycles. The minimum absolute atomic E-state index is 0.637. The van der Waals surface area contributed by atoms with E-state index in [1.807, 2.05) is 0 Å². The van der Waals surface area contributed by atoms with Crippen molar-refractivity contribution in [3.05, 3.63) is 145 Å². The second-order valence-electron chi connectivity index (χ2n) is 21.5. The lowest BCUT2D eigenvalue weighted by atomic mass is 9.50. The Morgan fingerprint density at radius 1 is 0.355 bits per heavy atom. The van der Waals surface area contributed by atoms with Gasteiger partial charge in [0, 0.05) is 21.9 Å². The van der Waals surface area contributed by atoms with Crippen molar-refractivity contribution >= 4 is 65.0 Å². The molecule has 9 aromatic rings. The van der Waals surface area contributed by atoms with E-state index in [-0.39, 0.29) is 0 Å². The molecule has 0 saturated heterocycles. The number of benzene rings is 8. The summed E-state index contributed by atoms with van der Waals surface area (Å²) in [6.07, 6.45) is 15.9. The lowest BCUT2D eigenvalue weighted by Gasteiger charge is -2.55. The van der Waals surface area contributed by atoms with Crippen LogP contribution in [0.1, 0.15) is 93.6 Å². The van der Waals surface area contributed by atoms with Crippen molar-refractivity contribution < 1.29 is 4.42 Å². The van der Waals surface area contributed by atoms with Crippen LogP contribution < -0.4 is 0 Å². The summed E-state index contributed by atoms with van der Waals surface area (Å²) in [4.78, 5) is 0. The van der Waals surface area contributed by atoms with Crippen LogP contribution in [-0.2, 0) is 0 Å². The first-order valence-corrected chi connectivity index (χ1v) is 24.5. The Labute approximate surface area is 364 Å². The van der Waals surface area contributed by atoms with Crippen LogP contribution in [0.15, 0.2) is 138 Å². The van der Waals surface area contributed by atoms with Crippen molar-refractivity contribution in [2.24, 2.45) is 47.3 Å². The van der Waals surface area contributed by atoms with Gasteiger partial charge in [0.25, 0.3) is 0 Å². The van der Waals surface area contributed by atoms with Gasteiger partial charge in [-0.15, -0.1) is 0 Å². The predicted octanol–water partition coefficient (Wildman–Crippen LogP) is 17.0. The molecule has 62 heavy (non-hydrogen) atoms. The van der Waals surface area contributed by atoms with Crippen molar-refractivity contribution in [1.29, 1.82) is 0 Å². The molecule has 16 rings (SSSR count). The van der Waals surface area contributed by atoms with Gasteiger partial charge in [-0.1, -0.05) is 128 Å². The molecule has 0 radical (unpaired) electrons. The van der Waals surface area contributed by atoms with Crippen molar-refractivity contribution in [2.75, 3.05) is 0 Å². The maximum Gasteiger partial charge on any atom is 0.143 e. The molecule has 1 heterocycles. The topological polar surface area (TPSA) is 13.1 Å². The van der Waals surface area contributed by atoms with Crippen LogP contribution in [-0.4, -0.2) is 0 Å². The van der Waals surface area contributed by atoms with Crippen molar-refractivity contribution in [3.8, 4) is 22.3 Å². The zero-order valence-electron chi connectivity index (χ0n) is 35.7. The molecule has 0 aliphatic heterocycles. The number of hydrogen-bond donors (Lipinski definition) is 0. The molecule has 7 aliphatic rings. The van der Waals surface area contributed by atoms with Crippen LogP contribution in [0.25, 0.3) is 87.3 Å². The van der Waals surface area contributed by atoms with E-state index in [1.54, 1.807) is 11.1 Å². The number of para-hydroxylation sites is 1. The maximum atomic E-state index is 7.24. The van der Waals surface area contributed by atoms with Gasteiger partial charge in [-0.2, -0.15) is 0 Å². The fraction of sp³-hybridized carbons (Fsp3) is 0.344. The van der Waals surface area contributed by atoms with Gasteiger partial charge in [-0.25, -0.2) is 0 Å². The molecule has 7 aliphatic carbocycles. The summed E-state index contributed by atoms with van der Waals surface area (Å²) in [6, 6.07) is 51.6. The molecule has 304 valence electrons. The van der Waals surface area contributed by atoms with Gasteiger partial charge >= 0.3 is 0 Å². The van der Waals surface area contributed by atoms with Crippen LogP contribution in [0.3, 0.4) is 0 Å². The van der Waals surface area contributed by atoms with Gasteiger partial charge in [0.2, 0.25) is 0 Å². The first-order chi connectivity index (χ1) is 30.7. The Kier molecular flexibility index (Phi) is 7.40. The molecule has 0 N–H and O–H groups in total. The quantitative estimate of drug-likeness (QED) is 0.162. The van der Waals surface area contributed by atoms with Gasteiger partial charge in [0.1, 0.15) is 11.2 Å². The third-order valence-electron chi connectivity index (χ3n) is 18.5. The summed E-state index contributed by atoms with van der Waals surface area (Å²) in [6.45, 7) is 0. The lowest BCUT2D eigenvalue weighted by molar-refractivity contribution is -0.00185. The van der Waals surface area contributed by atoms with Gasteiger partial charge < -0.3 is 4.42 Å². The third-order valence-corrected chi connectivity index (χ3v) is 18.5. The summed E-state index contributed by atoms with van der Waals surface area (Å²) < 4.78 is 7.24. The molecule has 1 aromatic heterocycles. The minimum Gasteiger partial charge on any atom is -0.455 e. The van der Waals surface area contributed by atoms with Crippen molar-refractivity contribution in [2.45, 2.75) is 82.5 Å². The smallest absolute Gasteiger partial charge is 0.143 e. The Hall–Kier alpha value is -5.40. The highest BCUT2D eigenvalue weighted by atomic mass is 16.3. The van der Waals surface area contributed by atoms with E-state index in [0.717, 1.165) is 58.5 Å². The van der Waals surface area contributed by atoms with Gasteiger partial charge in [-0.05, 0) is 201 Å². The summed E-state index contributed by atoms with van der Waals surface area (Å²) in [5, 5.41) is 13.8. The van der Waals surface area contributed by atoms with E-state index in [0.29, 0.717) is 11.8 Å². The molecule has 7 fully saturated rings. The summed E-state index contributed by atoms with van der Waals surface area (Å²) >= 11 is 0. The summed E-state index contributed by atoms with van der Waals surface area (Å²) in [5.74, 6) is 8.53. The SMILES string of the molecule is c1ccc2c(C3CC4CCC5CC4CC3C5)c3ccccc3c(-c3cccc4c3oc3cc(-c5c6ccccc6c(C6C7CC8CC(C7)CC6C8)c6ccccc56)ccc34)c2c1. The average molecular weight is 803 g/mol. The third kappa shape index (κ3) is 4.92. The molecule has 5 unspecified atom stereocenters. The maximum absolute atomic E-state index is 7.24. The number of fused-ring (bicyclic) bond motifs is 9. The highest BCUT2D eigenvalue weighted by Gasteiger charge is 2.50. The van der Waals surface area contributed by atoms with E-state index in [4.69, 9.17) is 4.42 Å². The van der Waals surface area contributed by atoms with E-state index in [9.17, 15) is 0 Å². The monoisotopic (exact) mass is 802 g/mol. The molecule has 0 amide bonds. The van der Waals surface area contributed by atoms with E-state index < -0.39 is 0 Å². The molecule has 1 heteroatoms. The standard InChI is InChI=1S/C61H54O/c1-7-16-50-44(10-1)57(45-11-2-8-17-51(45)60(50)56-41-27-35-24-36(29-41)30-42(56)28-35)38-22-23-43-52-18-9-19-53(61(52)62-55(43)33-38)58-46-12-3-5-14-48(46)59(49-15-6-4-13-47(49)58)54-32-37-21-20-34-25-39(37)31-40(54)26-34/h1-19,22-23,33-37,39-42,54,56H,20-21,24-32H2. The minimum atomic E-state index is 0.637. The van der Waals surface area contributed by atoms with E-state index >= 15 is 0 Å². The first-order valence-electron chi connectivity index (χ1n) is 24.5. The highest BCUT2D eigenvalue weighted by molar-refractivity contribution is 6.21. The Balaban J connectivity index is 0.914. The molecular weight excluding hydrogens is 749 g/mol. The van der Waals surface area contributed by atoms with Crippen molar-refractivity contribution in [3.63, 3.8) is 0 Å². The number of hydrogen-bond acceptors (Lipinski definition) is 1. The van der Waals surface area contributed by atoms with Crippen molar-refractivity contribution in [1.82, 2.24) is 0 Å². The second-order valence-corrected chi connectivity index (χ2v) is 21.5. The second kappa shape index (κ2) is 13.1. The van der Waals surface area contributed by atoms with E-state index in [2.05, 4.69) is 133 Å². The Morgan fingerprint density at radius 3 is 1.55 bits per heavy atom. The number of rotatable bonds is 4. The zero-order chi connectivity index (χ0) is 40.2.